The zero-order chi connectivity index (χ0) is 14.8. The van der Waals surface area contributed by atoms with E-state index in [1.807, 2.05) is 25.1 Å². The van der Waals surface area contributed by atoms with Crippen LogP contribution in [0, 0.1) is 6.92 Å². The summed E-state index contributed by atoms with van der Waals surface area (Å²) in [4.78, 5) is 0. The number of hydrogen-bond donors (Lipinski definition) is 2. The fourth-order valence-corrected chi connectivity index (χ4v) is 2.68. The van der Waals surface area contributed by atoms with Gasteiger partial charge in [0.15, 0.2) is 0 Å². The first-order valence-electron chi connectivity index (χ1n) is 7.37. The van der Waals surface area contributed by atoms with Crippen molar-refractivity contribution >= 4 is 11.0 Å². The molecule has 4 nitrogen and oxygen atoms in total. The molecule has 0 aliphatic rings. The van der Waals surface area contributed by atoms with E-state index in [0.29, 0.717) is 6.04 Å². The summed E-state index contributed by atoms with van der Waals surface area (Å²) in [6.07, 6.45) is 0.898. The molecule has 0 saturated carbocycles. The first-order chi connectivity index (χ1) is 10.1. The van der Waals surface area contributed by atoms with E-state index in [9.17, 15) is 0 Å². The Kier molecular flexibility index (Phi) is 3.80. The number of nitrogens with zero attached hydrogens (tertiary/aromatic N) is 1. The van der Waals surface area contributed by atoms with Gasteiger partial charge in [0.2, 0.25) is 0 Å². The molecule has 0 saturated heterocycles. The van der Waals surface area contributed by atoms with E-state index in [2.05, 4.69) is 47.6 Å². The molecule has 2 heterocycles. The highest BCUT2D eigenvalue weighted by Gasteiger charge is 2.15. The fourth-order valence-electron chi connectivity index (χ4n) is 2.68. The van der Waals surface area contributed by atoms with Gasteiger partial charge in [-0.3, -0.25) is 5.10 Å². The van der Waals surface area contributed by atoms with Crippen LogP contribution in [0.5, 0.6) is 0 Å². The van der Waals surface area contributed by atoms with Crippen molar-refractivity contribution in [3.05, 3.63) is 53.5 Å². The van der Waals surface area contributed by atoms with Gasteiger partial charge in [-0.1, -0.05) is 18.2 Å². The van der Waals surface area contributed by atoms with Crippen LogP contribution in [0.25, 0.3) is 11.0 Å². The van der Waals surface area contributed by atoms with Crippen LogP contribution in [0.4, 0.5) is 0 Å². The molecule has 1 aromatic carbocycles. The van der Waals surface area contributed by atoms with Gasteiger partial charge >= 0.3 is 0 Å². The molecular weight excluding hydrogens is 262 g/mol. The quantitative estimate of drug-likeness (QED) is 0.750. The molecule has 2 atom stereocenters. The van der Waals surface area contributed by atoms with E-state index in [1.54, 1.807) is 0 Å². The zero-order valence-corrected chi connectivity index (χ0v) is 12.7. The molecule has 0 unspecified atom stereocenters. The Morgan fingerprint density at radius 1 is 1.24 bits per heavy atom. The maximum absolute atomic E-state index is 5.90. The molecule has 0 spiro atoms. The second-order valence-electron chi connectivity index (χ2n) is 5.72. The summed E-state index contributed by atoms with van der Waals surface area (Å²) in [5.41, 5.74) is 3.13. The maximum Gasteiger partial charge on any atom is 0.134 e. The lowest BCUT2D eigenvalue weighted by atomic mass is 10.1. The van der Waals surface area contributed by atoms with Gasteiger partial charge in [-0.05, 0) is 39.0 Å². The number of para-hydroxylation sites is 1. The van der Waals surface area contributed by atoms with Crippen molar-refractivity contribution in [2.75, 3.05) is 0 Å². The van der Waals surface area contributed by atoms with Gasteiger partial charge in [-0.2, -0.15) is 5.10 Å². The highest BCUT2D eigenvalue weighted by Crippen LogP contribution is 2.24. The Morgan fingerprint density at radius 3 is 2.76 bits per heavy atom. The van der Waals surface area contributed by atoms with Crippen molar-refractivity contribution < 1.29 is 4.42 Å². The van der Waals surface area contributed by atoms with Crippen LogP contribution >= 0.6 is 0 Å². The number of rotatable bonds is 5. The first-order valence-corrected chi connectivity index (χ1v) is 7.37. The van der Waals surface area contributed by atoms with E-state index in [1.165, 1.54) is 0 Å². The van der Waals surface area contributed by atoms with Crippen LogP contribution in [-0.2, 0) is 6.42 Å². The third kappa shape index (κ3) is 3.16. The SMILES string of the molecule is Cc1cc(C[C@H](C)N[C@H](C)c2cc3ccccc3o2)n[nH]1. The molecule has 0 aliphatic carbocycles. The third-order valence-electron chi connectivity index (χ3n) is 3.68. The first kappa shape index (κ1) is 13.9. The summed E-state index contributed by atoms with van der Waals surface area (Å²) in [5.74, 6) is 0.973. The van der Waals surface area contributed by atoms with Gasteiger partial charge in [0.05, 0.1) is 11.7 Å². The van der Waals surface area contributed by atoms with Gasteiger partial charge in [0.25, 0.3) is 0 Å². The van der Waals surface area contributed by atoms with Crippen molar-refractivity contribution in [3.63, 3.8) is 0 Å². The van der Waals surface area contributed by atoms with Gasteiger partial charge in [-0.25, -0.2) is 0 Å². The number of aryl methyl sites for hydroxylation is 1. The normalized spacial score (nSPS) is 14.4. The van der Waals surface area contributed by atoms with Gasteiger partial charge < -0.3 is 9.73 Å². The molecular formula is C17H21N3O. The van der Waals surface area contributed by atoms with Crippen molar-refractivity contribution in [2.24, 2.45) is 0 Å². The summed E-state index contributed by atoms with van der Waals surface area (Å²) in [6.45, 7) is 6.32. The van der Waals surface area contributed by atoms with Crippen LogP contribution in [-0.4, -0.2) is 16.2 Å². The standard InChI is InChI=1S/C17H21N3O/c1-11(8-15-9-12(2)19-20-15)18-13(3)17-10-14-6-4-5-7-16(14)21-17/h4-7,9-11,13,18H,8H2,1-3H3,(H,19,20)/t11-,13+/m0/s1. The van der Waals surface area contributed by atoms with E-state index in [4.69, 9.17) is 4.42 Å². The summed E-state index contributed by atoms with van der Waals surface area (Å²) < 4.78 is 5.90. The van der Waals surface area contributed by atoms with E-state index in [-0.39, 0.29) is 6.04 Å². The largest absolute Gasteiger partial charge is 0.459 e. The Bertz CT molecular complexity index is 695. The van der Waals surface area contributed by atoms with E-state index >= 15 is 0 Å². The molecule has 110 valence electrons. The second-order valence-corrected chi connectivity index (χ2v) is 5.72. The second kappa shape index (κ2) is 5.74. The minimum atomic E-state index is 0.174. The maximum atomic E-state index is 5.90. The molecule has 2 aromatic heterocycles. The van der Waals surface area contributed by atoms with Crippen LogP contribution in [0.2, 0.25) is 0 Å². The molecule has 2 N–H and O–H groups in total. The molecule has 3 rings (SSSR count). The number of benzene rings is 1. The Hall–Kier alpha value is -2.07. The summed E-state index contributed by atoms with van der Waals surface area (Å²) in [6, 6.07) is 12.8. The number of aromatic nitrogens is 2. The van der Waals surface area contributed by atoms with E-state index < -0.39 is 0 Å². The zero-order valence-electron chi connectivity index (χ0n) is 12.7. The van der Waals surface area contributed by atoms with E-state index in [0.717, 1.165) is 34.5 Å². The predicted octanol–water partition coefficient (Wildman–Crippen LogP) is 3.75. The van der Waals surface area contributed by atoms with Crippen LogP contribution < -0.4 is 5.32 Å². The molecule has 21 heavy (non-hydrogen) atoms. The predicted molar refractivity (Wildman–Crippen MR) is 84.3 cm³/mol. The summed E-state index contributed by atoms with van der Waals surface area (Å²) in [7, 11) is 0. The fraction of sp³-hybridized carbons (Fsp3) is 0.353. The average Bonchev–Trinajstić information content (AvgIpc) is 3.04. The molecule has 0 radical (unpaired) electrons. The minimum absolute atomic E-state index is 0.174. The third-order valence-corrected chi connectivity index (χ3v) is 3.68. The number of fused-ring (bicyclic) bond motifs is 1. The van der Waals surface area contributed by atoms with Gasteiger partial charge in [-0.15, -0.1) is 0 Å². The number of furan rings is 1. The lowest BCUT2D eigenvalue weighted by Gasteiger charge is -2.17. The Morgan fingerprint density at radius 2 is 2.05 bits per heavy atom. The smallest absolute Gasteiger partial charge is 0.134 e. The minimum Gasteiger partial charge on any atom is -0.459 e. The molecule has 0 bridgehead atoms. The molecule has 3 aromatic rings. The molecule has 0 amide bonds. The van der Waals surface area contributed by atoms with Gasteiger partial charge in [0.1, 0.15) is 11.3 Å². The highest BCUT2D eigenvalue weighted by atomic mass is 16.3. The van der Waals surface area contributed by atoms with Crippen LogP contribution in [0.3, 0.4) is 0 Å². The Labute approximate surface area is 124 Å². The monoisotopic (exact) mass is 283 g/mol. The van der Waals surface area contributed by atoms with Crippen molar-refractivity contribution in [2.45, 2.75) is 39.3 Å². The number of nitrogens with one attached hydrogen (secondary N) is 2. The average molecular weight is 283 g/mol. The lowest BCUT2D eigenvalue weighted by molar-refractivity contribution is 0.408. The van der Waals surface area contributed by atoms with Crippen molar-refractivity contribution in [1.29, 1.82) is 0 Å². The highest BCUT2D eigenvalue weighted by molar-refractivity contribution is 5.77. The number of H-pyrrole nitrogens is 1. The molecule has 4 heteroatoms. The molecule has 0 fully saturated rings. The van der Waals surface area contributed by atoms with Crippen molar-refractivity contribution in [3.8, 4) is 0 Å². The lowest BCUT2D eigenvalue weighted by Crippen LogP contribution is -2.30. The number of aromatic amines is 1. The van der Waals surface area contributed by atoms with Crippen LogP contribution in [0.15, 0.2) is 40.8 Å². The number of hydrogen-bond acceptors (Lipinski definition) is 3. The van der Waals surface area contributed by atoms with Crippen LogP contribution in [0.1, 0.15) is 37.0 Å². The summed E-state index contributed by atoms with van der Waals surface area (Å²) in [5, 5.41) is 12.0. The summed E-state index contributed by atoms with van der Waals surface area (Å²) >= 11 is 0. The Balaban J connectivity index is 1.66. The molecule has 0 aliphatic heterocycles. The van der Waals surface area contributed by atoms with Crippen molar-refractivity contribution in [1.82, 2.24) is 15.5 Å². The topological polar surface area (TPSA) is 53.9 Å². The van der Waals surface area contributed by atoms with Gasteiger partial charge in [0, 0.05) is 23.5 Å².